The van der Waals surface area contributed by atoms with Crippen LogP contribution in [-0.2, 0) is 9.59 Å². The zero-order valence-electron chi connectivity index (χ0n) is 13.4. The van der Waals surface area contributed by atoms with Crippen molar-refractivity contribution >= 4 is 41.0 Å². The van der Waals surface area contributed by atoms with Crippen LogP contribution in [0, 0.1) is 17.0 Å². The highest BCUT2D eigenvalue weighted by molar-refractivity contribution is 6.39. The number of nitro groups is 1. The Kier molecular flexibility index (Phi) is 5.86. The molecule has 9 nitrogen and oxygen atoms in total. The molecule has 0 fully saturated rings. The number of carbonyl (C=O) groups excluding carboxylic acids is 2. The van der Waals surface area contributed by atoms with Crippen molar-refractivity contribution < 1.29 is 19.6 Å². The summed E-state index contributed by atoms with van der Waals surface area (Å²) < 4.78 is 0. The molecular formula is C16H12ClN4O5-. The lowest BCUT2D eigenvalue weighted by Crippen LogP contribution is -2.32. The number of hydrogen-bond donors (Lipinski definition) is 2. The summed E-state index contributed by atoms with van der Waals surface area (Å²) in [6.07, 6.45) is 0.873. The number of anilines is 1. The minimum absolute atomic E-state index is 0.0406. The number of rotatable bonds is 4. The minimum atomic E-state index is -1.08. The van der Waals surface area contributed by atoms with Crippen molar-refractivity contribution in [2.75, 3.05) is 5.32 Å². The van der Waals surface area contributed by atoms with Crippen LogP contribution in [0.4, 0.5) is 11.4 Å². The van der Waals surface area contributed by atoms with E-state index in [9.17, 15) is 24.8 Å². The lowest BCUT2D eigenvalue weighted by molar-refractivity contribution is -0.398. The quantitative estimate of drug-likeness (QED) is 0.363. The summed E-state index contributed by atoms with van der Waals surface area (Å²) in [6.45, 7) is 1.87. The number of nitrogens with one attached hydrogen (secondary N) is 2. The summed E-state index contributed by atoms with van der Waals surface area (Å²) in [7, 11) is 0. The second-order valence-corrected chi connectivity index (χ2v) is 5.56. The third-order valence-corrected chi connectivity index (χ3v) is 3.36. The molecule has 0 radical (unpaired) electrons. The van der Waals surface area contributed by atoms with Gasteiger partial charge < -0.3 is 10.4 Å². The molecule has 0 aliphatic rings. The zero-order chi connectivity index (χ0) is 19.3. The van der Waals surface area contributed by atoms with Crippen molar-refractivity contribution in [3.8, 4) is 5.75 Å². The number of benzene rings is 2. The van der Waals surface area contributed by atoms with Gasteiger partial charge in [-0.3, -0.25) is 19.7 Å². The van der Waals surface area contributed by atoms with Gasteiger partial charge in [0.2, 0.25) is 0 Å². The highest BCUT2D eigenvalue weighted by Gasteiger charge is 2.14. The van der Waals surface area contributed by atoms with Gasteiger partial charge in [0.1, 0.15) is 0 Å². The number of hydrazone groups is 1. The second-order valence-electron chi connectivity index (χ2n) is 5.12. The highest BCUT2D eigenvalue weighted by Crippen LogP contribution is 2.29. The normalized spacial score (nSPS) is 10.5. The average molecular weight is 376 g/mol. The third kappa shape index (κ3) is 4.77. The molecule has 2 aromatic carbocycles. The topological polar surface area (TPSA) is 137 Å². The summed E-state index contributed by atoms with van der Waals surface area (Å²) in [4.78, 5) is 33.3. The van der Waals surface area contributed by atoms with Gasteiger partial charge in [-0.25, -0.2) is 5.43 Å². The molecule has 2 aromatic rings. The van der Waals surface area contributed by atoms with Crippen LogP contribution < -0.4 is 15.8 Å². The van der Waals surface area contributed by atoms with Crippen molar-refractivity contribution in [1.29, 1.82) is 0 Å². The van der Waals surface area contributed by atoms with Crippen molar-refractivity contribution in [3.05, 3.63) is 62.7 Å². The van der Waals surface area contributed by atoms with E-state index in [0.717, 1.165) is 23.9 Å². The Hall–Kier alpha value is -3.46. The van der Waals surface area contributed by atoms with Gasteiger partial charge in [-0.15, -0.1) is 0 Å². The van der Waals surface area contributed by atoms with E-state index in [1.807, 2.05) is 12.3 Å². The van der Waals surface area contributed by atoms with Crippen LogP contribution in [0.25, 0.3) is 0 Å². The molecule has 0 heterocycles. The average Bonchev–Trinajstić information content (AvgIpc) is 2.59. The molecular weight excluding hydrogens is 364 g/mol. The first-order valence-electron chi connectivity index (χ1n) is 7.14. The first-order chi connectivity index (χ1) is 12.3. The summed E-state index contributed by atoms with van der Waals surface area (Å²) in [5.41, 5.74) is 2.41. The van der Waals surface area contributed by atoms with Gasteiger partial charge in [0.25, 0.3) is 5.69 Å². The van der Waals surface area contributed by atoms with Crippen molar-refractivity contribution in [3.63, 3.8) is 0 Å². The molecule has 0 saturated heterocycles. The van der Waals surface area contributed by atoms with Crippen LogP contribution in [0.2, 0.25) is 5.02 Å². The number of aryl methyl sites for hydroxylation is 1. The van der Waals surface area contributed by atoms with Gasteiger partial charge in [-0.05, 0) is 36.4 Å². The molecule has 26 heavy (non-hydrogen) atoms. The van der Waals surface area contributed by atoms with Gasteiger partial charge in [0.05, 0.1) is 11.1 Å². The second kappa shape index (κ2) is 8.08. The van der Waals surface area contributed by atoms with Crippen LogP contribution in [0.5, 0.6) is 5.75 Å². The van der Waals surface area contributed by atoms with E-state index in [1.54, 1.807) is 24.3 Å². The van der Waals surface area contributed by atoms with Crippen LogP contribution in [0.1, 0.15) is 11.1 Å². The SMILES string of the molecule is Cc1ccc(NC(=O)C(=O)N/N=C\c2cc(Cl)cc([N+](=O)[O-])c2[O-])cc1. The van der Waals surface area contributed by atoms with Crippen LogP contribution in [0.15, 0.2) is 41.5 Å². The van der Waals surface area contributed by atoms with E-state index in [1.165, 1.54) is 0 Å². The lowest BCUT2D eigenvalue weighted by Gasteiger charge is -2.10. The molecule has 0 spiro atoms. The lowest BCUT2D eigenvalue weighted by atomic mass is 10.2. The Bertz CT molecular complexity index is 896. The Morgan fingerprint density at radius 2 is 1.85 bits per heavy atom. The van der Waals surface area contributed by atoms with Crippen molar-refractivity contribution in [2.24, 2.45) is 5.10 Å². The molecule has 0 aromatic heterocycles. The van der Waals surface area contributed by atoms with Crippen LogP contribution in [0.3, 0.4) is 0 Å². The van der Waals surface area contributed by atoms with E-state index in [4.69, 9.17) is 11.6 Å². The van der Waals surface area contributed by atoms with Crippen molar-refractivity contribution in [1.82, 2.24) is 5.43 Å². The van der Waals surface area contributed by atoms with E-state index in [0.29, 0.717) is 5.69 Å². The molecule has 0 aliphatic carbocycles. The molecule has 2 rings (SSSR count). The monoisotopic (exact) mass is 375 g/mol. The van der Waals surface area contributed by atoms with Gasteiger partial charge in [-0.1, -0.05) is 29.3 Å². The van der Waals surface area contributed by atoms with Crippen LogP contribution >= 0.6 is 11.6 Å². The molecule has 0 unspecified atom stereocenters. The molecule has 134 valence electrons. The predicted molar refractivity (Wildman–Crippen MR) is 93.1 cm³/mol. The van der Waals surface area contributed by atoms with Crippen molar-refractivity contribution in [2.45, 2.75) is 6.92 Å². The molecule has 0 atom stereocenters. The summed E-state index contributed by atoms with van der Waals surface area (Å²) in [5.74, 6) is -2.96. The number of hydrogen-bond acceptors (Lipinski definition) is 6. The highest BCUT2D eigenvalue weighted by atomic mass is 35.5. The summed E-state index contributed by atoms with van der Waals surface area (Å²) in [6, 6.07) is 8.83. The van der Waals surface area contributed by atoms with E-state index in [-0.39, 0.29) is 10.6 Å². The fourth-order valence-electron chi connectivity index (χ4n) is 1.87. The number of amides is 2. The molecule has 2 amide bonds. The standard InChI is InChI=1S/C16H13ClN4O5/c1-9-2-4-12(5-3-9)19-15(23)16(24)20-18-8-10-6-11(17)7-13(14(10)22)21(25)26/h2-8,22H,1H3,(H,19,23)(H,20,24)/p-1/b18-8-. The van der Waals surface area contributed by atoms with Gasteiger partial charge in [0, 0.05) is 16.8 Å². The zero-order valence-corrected chi connectivity index (χ0v) is 14.1. The van der Waals surface area contributed by atoms with Gasteiger partial charge >= 0.3 is 11.8 Å². The van der Waals surface area contributed by atoms with Gasteiger partial charge in [-0.2, -0.15) is 5.10 Å². The van der Waals surface area contributed by atoms with Crippen LogP contribution in [-0.4, -0.2) is 23.0 Å². The maximum atomic E-state index is 11.9. The Morgan fingerprint density at radius 3 is 2.46 bits per heavy atom. The smallest absolute Gasteiger partial charge is 0.329 e. The first-order valence-corrected chi connectivity index (χ1v) is 7.51. The molecule has 2 N–H and O–H groups in total. The minimum Gasteiger partial charge on any atom is -0.867 e. The first kappa shape index (κ1) is 18.9. The fourth-order valence-corrected chi connectivity index (χ4v) is 2.09. The molecule has 10 heteroatoms. The van der Waals surface area contributed by atoms with Gasteiger partial charge in [0.15, 0.2) is 0 Å². The molecule has 0 saturated carbocycles. The molecule has 0 bridgehead atoms. The number of carbonyl (C=O) groups is 2. The molecule has 0 aliphatic heterocycles. The maximum absolute atomic E-state index is 11.9. The Labute approximate surface area is 152 Å². The van der Waals surface area contributed by atoms with E-state index in [2.05, 4.69) is 10.4 Å². The Morgan fingerprint density at radius 1 is 1.19 bits per heavy atom. The fraction of sp³-hybridized carbons (Fsp3) is 0.0625. The summed E-state index contributed by atoms with van der Waals surface area (Å²) in [5, 5.41) is 28.4. The Balaban J connectivity index is 2.03. The number of nitrogens with zero attached hydrogens (tertiary/aromatic N) is 2. The van der Waals surface area contributed by atoms with E-state index >= 15 is 0 Å². The summed E-state index contributed by atoms with van der Waals surface area (Å²) >= 11 is 5.70. The third-order valence-electron chi connectivity index (χ3n) is 3.14. The predicted octanol–water partition coefficient (Wildman–Crippen LogP) is 1.72. The largest absolute Gasteiger partial charge is 0.867 e. The van der Waals surface area contributed by atoms with E-state index < -0.39 is 28.2 Å². The number of nitro benzene ring substituents is 1. The number of halogens is 1. The maximum Gasteiger partial charge on any atom is 0.329 e.